The van der Waals surface area contributed by atoms with Crippen LogP contribution in [0.5, 0.6) is 0 Å². The Labute approximate surface area is 282 Å². The Morgan fingerprint density at radius 2 is 1.21 bits per heavy atom. The van der Waals surface area contributed by atoms with Gasteiger partial charge in [-0.15, -0.1) is 11.3 Å². The molecule has 0 aliphatic carbocycles. The van der Waals surface area contributed by atoms with E-state index in [9.17, 15) is 0 Å². The number of aliphatic imine (C=N–C) groups is 2. The standard InChI is InChI=1S/C43H29N3OS/c1-2-8-28(9-3-1)29-14-22-33(23-15-29)42-44-37(30-16-20-32(21-17-30)40-26-35-10-4-6-12-39(35)47-40)27-38(45-42)31-18-24-34(25-19-31)43-46-36-11-5-7-13-41(36)48-43/h1-26,37H,27H2. The first-order valence-corrected chi connectivity index (χ1v) is 16.9. The quantitative estimate of drug-likeness (QED) is 0.183. The first-order valence-electron chi connectivity index (χ1n) is 16.1. The van der Waals surface area contributed by atoms with Gasteiger partial charge >= 0.3 is 0 Å². The van der Waals surface area contributed by atoms with Gasteiger partial charge in [0.05, 0.1) is 22.0 Å². The van der Waals surface area contributed by atoms with Crippen LogP contribution in [0.25, 0.3) is 54.2 Å². The third-order valence-electron chi connectivity index (χ3n) is 8.92. The van der Waals surface area contributed by atoms with E-state index in [2.05, 4.69) is 127 Å². The second-order valence-corrected chi connectivity index (χ2v) is 13.0. The van der Waals surface area contributed by atoms with Crippen molar-refractivity contribution in [1.29, 1.82) is 0 Å². The van der Waals surface area contributed by atoms with Crippen LogP contribution in [0.3, 0.4) is 0 Å². The largest absolute Gasteiger partial charge is 0.456 e. The summed E-state index contributed by atoms with van der Waals surface area (Å²) in [6.45, 7) is 0. The second kappa shape index (κ2) is 12.0. The molecule has 5 heteroatoms. The van der Waals surface area contributed by atoms with Crippen molar-refractivity contribution >= 4 is 44.1 Å². The third-order valence-corrected chi connectivity index (χ3v) is 10.0. The molecule has 6 aromatic carbocycles. The number of thiazole rings is 1. The Morgan fingerprint density at radius 1 is 0.562 bits per heavy atom. The molecule has 0 bridgehead atoms. The zero-order valence-electron chi connectivity index (χ0n) is 26.0. The van der Waals surface area contributed by atoms with Crippen molar-refractivity contribution in [3.05, 3.63) is 174 Å². The van der Waals surface area contributed by atoms with Crippen molar-refractivity contribution in [2.24, 2.45) is 9.98 Å². The molecule has 0 saturated carbocycles. The lowest BCUT2D eigenvalue weighted by atomic mass is 9.94. The Balaban J connectivity index is 1.05. The van der Waals surface area contributed by atoms with Gasteiger partial charge in [0.25, 0.3) is 0 Å². The van der Waals surface area contributed by atoms with Gasteiger partial charge in [0.1, 0.15) is 16.4 Å². The van der Waals surface area contributed by atoms with E-state index < -0.39 is 0 Å². The summed E-state index contributed by atoms with van der Waals surface area (Å²) in [5.41, 5.74) is 10.7. The highest BCUT2D eigenvalue weighted by molar-refractivity contribution is 7.21. The first-order chi connectivity index (χ1) is 23.7. The van der Waals surface area contributed by atoms with Crippen molar-refractivity contribution < 1.29 is 4.42 Å². The fourth-order valence-corrected chi connectivity index (χ4v) is 7.30. The van der Waals surface area contributed by atoms with Crippen LogP contribution in [0.4, 0.5) is 0 Å². The zero-order valence-corrected chi connectivity index (χ0v) is 26.8. The van der Waals surface area contributed by atoms with Crippen molar-refractivity contribution in [2.45, 2.75) is 12.5 Å². The molecule has 1 aliphatic rings. The molecule has 228 valence electrons. The molecule has 0 spiro atoms. The number of benzene rings is 6. The predicted octanol–water partition coefficient (Wildman–Crippen LogP) is 11.4. The van der Waals surface area contributed by atoms with Crippen molar-refractivity contribution in [2.75, 3.05) is 0 Å². The number of hydrogen-bond donors (Lipinski definition) is 0. The van der Waals surface area contributed by atoms with Gasteiger partial charge in [-0.25, -0.2) is 9.98 Å². The number of amidine groups is 1. The Bertz CT molecular complexity index is 2390. The van der Waals surface area contributed by atoms with E-state index in [0.717, 1.165) is 66.6 Å². The van der Waals surface area contributed by atoms with E-state index in [4.69, 9.17) is 19.4 Å². The molecule has 9 rings (SSSR count). The number of para-hydroxylation sites is 2. The Hall–Kier alpha value is -5.91. The summed E-state index contributed by atoms with van der Waals surface area (Å²) in [5.74, 6) is 1.61. The molecule has 1 aliphatic heterocycles. The summed E-state index contributed by atoms with van der Waals surface area (Å²) in [7, 11) is 0. The molecular weight excluding hydrogens is 607 g/mol. The Morgan fingerprint density at radius 3 is 2.00 bits per heavy atom. The van der Waals surface area contributed by atoms with Crippen LogP contribution in [-0.4, -0.2) is 16.5 Å². The maximum Gasteiger partial charge on any atom is 0.155 e. The number of fused-ring (bicyclic) bond motifs is 2. The molecule has 3 heterocycles. The van der Waals surface area contributed by atoms with E-state index in [1.807, 2.05) is 30.3 Å². The minimum absolute atomic E-state index is 0.0741. The van der Waals surface area contributed by atoms with E-state index in [-0.39, 0.29) is 6.04 Å². The molecule has 8 aromatic rings. The van der Waals surface area contributed by atoms with Gasteiger partial charge in [0, 0.05) is 28.5 Å². The zero-order chi connectivity index (χ0) is 31.9. The summed E-state index contributed by atoms with van der Waals surface area (Å²) >= 11 is 1.72. The van der Waals surface area contributed by atoms with Crippen LogP contribution in [0.15, 0.2) is 172 Å². The Kier molecular flexibility index (Phi) is 7.10. The maximum absolute atomic E-state index is 6.14. The highest BCUT2D eigenvalue weighted by Gasteiger charge is 2.23. The average molecular weight is 636 g/mol. The van der Waals surface area contributed by atoms with Crippen LogP contribution < -0.4 is 0 Å². The topological polar surface area (TPSA) is 50.8 Å². The number of nitrogens with zero attached hydrogens (tertiary/aromatic N) is 3. The van der Waals surface area contributed by atoms with Gasteiger partial charge in [-0.2, -0.15) is 0 Å². The predicted molar refractivity (Wildman–Crippen MR) is 199 cm³/mol. The minimum Gasteiger partial charge on any atom is -0.456 e. The molecule has 48 heavy (non-hydrogen) atoms. The molecule has 0 N–H and O–H groups in total. The summed E-state index contributed by atoms with van der Waals surface area (Å²) < 4.78 is 7.33. The van der Waals surface area contributed by atoms with Crippen molar-refractivity contribution in [1.82, 2.24) is 4.98 Å². The summed E-state index contributed by atoms with van der Waals surface area (Å²) in [5, 5.41) is 2.13. The van der Waals surface area contributed by atoms with E-state index in [1.165, 1.54) is 15.8 Å². The first kappa shape index (κ1) is 28.3. The van der Waals surface area contributed by atoms with E-state index >= 15 is 0 Å². The van der Waals surface area contributed by atoms with Gasteiger partial charge in [0.15, 0.2) is 5.84 Å². The van der Waals surface area contributed by atoms with E-state index in [1.54, 1.807) is 11.3 Å². The molecule has 4 nitrogen and oxygen atoms in total. The minimum atomic E-state index is -0.0741. The molecule has 0 saturated heterocycles. The van der Waals surface area contributed by atoms with Crippen LogP contribution in [0, 0.1) is 0 Å². The molecule has 2 aromatic heterocycles. The second-order valence-electron chi connectivity index (χ2n) is 12.0. The molecule has 0 fully saturated rings. The molecule has 1 unspecified atom stereocenters. The van der Waals surface area contributed by atoms with Crippen molar-refractivity contribution in [3.8, 4) is 33.0 Å². The monoisotopic (exact) mass is 635 g/mol. The SMILES string of the molecule is c1ccc(-c2ccc(C3=NC(c4ccc(-c5cc6ccccc6o5)cc4)CC(c4ccc(-c5nc6ccccc6s5)cc4)=N3)cc2)cc1. The highest BCUT2D eigenvalue weighted by Crippen LogP contribution is 2.34. The maximum atomic E-state index is 6.14. The third kappa shape index (κ3) is 5.44. The van der Waals surface area contributed by atoms with E-state index in [0.29, 0.717) is 6.42 Å². The fourth-order valence-electron chi connectivity index (χ4n) is 6.33. The van der Waals surface area contributed by atoms with Gasteiger partial charge in [0.2, 0.25) is 0 Å². The molecule has 1 atom stereocenters. The fraction of sp³-hybridized carbons (Fsp3) is 0.0465. The summed E-state index contributed by atoms with van der Waals surface area (Å²) in [6, 6.07) is 54.7. The number of furan rings is 1. The normalized spacial score (nSPS) is 14.6. The molecule has 0 amide bonds. The lowest BCUT2D eigenvalue weighted by Crippen LogP contribution is -2.17. The highest BCUT2D eigenvalue weighted by atomic mass is 32.1. The lowest BCUT2D eigenvalue weighted by molar-refractivity contribution is 0.631. The number of hydrogen-bond acceptors (Lipinski definition) is 5. The van der Waals surface area contributed by atoms with Gasteiger partial charge in [-0.3, -0.25) is 4.99 Å². The molecular formula is C43H29N3OS. The van der Waals surface area contributed by atoms with Gasteiger partial charge in [-0.05, 0) is 46.5 Å². The van der Waals surface area contributed by atoms with Crippen LogP contribution >= 0.6 is 11.3 Å². The van der Waals surface area contributed by atoms with Crippen molar-refractivity contribution in [3.63, 3.8) is 0 Å². The van der Waals surface area contributed by atoms with Crippen LogP contribution in [-0.2, 0) is 0 Å². The number of rotatable bonds is 6. The summed E-state index contributed by atoms with van der Waals surface area (Å²) in [4.78, 5) is 15.3. The average Bonchev–Trinajstić information content (AvgIpc) is 3.80. The van der Waals surface area contributed by atoms with Crippen LogP contribution in [0.1, 0.15) is 29.2 Å². The van der Waals surface area contributed by atoms with Gasteiger partial charge < -0.3 is 4.42 Å². The smallest absolute Gasteiger partial charge is 0.155 e. The lowest BCUT2D eigenvalue weighted by Gasteiger charge is -2.22. The molecule has 0 radical (unpaired) electrons. The number of aromatic nitrogens is 1. The van der Waals surface area contributed by atoms with Crippen LogP contribution in [0.2, 0.25) is 0 Å². The van der Waals surface area contributed by atoms with Gasteiger partial charge in [-0.1, -0.05) is 133 Å². The summed E-state index contributed by atoms with van der Waals surface area (Å²) in [6.07, 6.45) is 0.704.